The van der Waals surface area contributed by atoms with E-state index in [-0.39, 0.29) is 5.82 Å². The lowest BCUT2D eigenvalue weighted by atomic mass is 10.1. The summed E-state index contributed by atoms with van der Waals surface area (Å²) in [5.41, 5.74) is 0.471. The molecule has 68 valence electrons. The van der Waals surface area contributed by atoms with Crippen LogP contribution in [0.2, 0.25) is 0 Å². The molecule has 0 amide bonds. The van der Waals surface area contributed by atoms with Crippen LogP contribution in [0.3, 0.4) is 0 Å². The molecule has 0 spiro atoms. The van der Waals surface area contributed by atoms with Crippen molar-refractivity contribution in [1.29, 1.82) is 5.26 Å². The van der Waals surface area contributed by atoms with Crippen molar-refractivity contribution in [2.75, 3.05) is 0 Å². The van der Waals surface area contributed by atoms with Gasteiger partial charge in [0.2, 0.25) is 0 Å². The van der Waals surface area contributed by atoms with Gasteiger partial charge in [-0.1, -0.05) is 22.0 Å². The third-order valence-corrected chi connectivity index (χ3v) is 2.46. The number of hydrogen-bond acceptors (Lipinski definition) is 1. The average Bonchev–Trinajstić information content (AvgIpc) is 2.17. The molecule has 2 aromatic carbocycles. The lowest BCUT2D eigenvalue weighted by Crippen LogP contribution is -1.82. The first-order valence-corrected chi connectivity index (χ1v) is 4.79. The molecule has 0 fully saturated rings. The highest BCUT2D eigenvalue weighted by atomic mass is 79.9. The summed E-state index contributed by atoms with van der Waals surface area (Å²) in [6.45, 7) is 0. The largest absolute Gasteiger partial charge is 0.206 e. The van der Waals surface area contributed by atoms with Gasteiger partial charge in [-0.2, -0.15) is 5.26 Å². The first kappa shape index (κ1) is 9.17. The lowest BCUT2D eigenvalue weighted by Gasteiger charge is -2.00. The second-order valence-electron chi connectivity index (χ2n) is 2.94. The predicted octanol–water partition coefficient (Wildman–Crippen LogP) is 3.61. The first-order chi connectivity index (χ1) is 6.70. The molecule has 0 radical (unpaired) electrons. The Morgan fingerprint density at radius 1 is 1.21 bits per heavy atom. The molecular weight excluding hydrogens is 245 g/mol. The number of benzene rings is 2. The predicted molar refractivity (Wildman–Crippen MR) is 56.3 cm³/mol. The van der Waals surface area contributed by atoms with Crippen molar-refractivity contribution in [3.8, 4) is 6.07 Å². The summed E-state index contributed by atoms with van der Waals surface area (Å²) in [6.07, 6.45) is 0. The fourth-order valence-corrected chi connectivity index (χ4v) is 1.80. The average molecular weight is 250 g/mol. The van der Waals surface area contributed by atoms with Gasteiger partial charge in [-0.15, -0.1) is 0 Å². The zero-order chi connectivity index (χ0) is 10.1. The van der Waals surface area contributed by atoms with Crippen LogP contribution in [0.1, 0.15) is 5.56 Å². The summed E-state index contributed by atoms with van der Waals surface area (Å²) < 4.78 is 14.1. The minimum atomic E-state index is -0.313. The van der Waals surface area contributed by atoms with Crippen LogP contribution in [0, 0.1) is 17.1 Å². The second kappa shape index (κ2) is 3.39. The van der Waals surface area contributed by atoms with E-state index < -0.39 is 0 Å². The molecule has 0 aliphatic heterocycles. The summed E-state index contributed by atoms with van der Waals surface area (Å²) in [6, 6.07) is 10.2. The molecule has 0 atom stereocenters. The number of halogens is 2. The Balaban J connectivity index is 2.84. The van der Waals surface area contributed by atoms with E-state index in [1.165, 1.54) is 6.07 Å². The zero-order valence-corrected chi connectivity index (χ0v) is 8.68. The molecule has 0 aliphatic rings. The Hall–Kier alpha value is -1.40. The fourth-order valence-electron chi connectivity index (χ4n) is 1.35. The topological polar surface area (TPSA) is 23.8 Å². The lowest BCUT2D eigenvalue weighted by molar-refractivity contribution is 0.639. The van der Waals surface area contributed by atoms with Gasteiger partial charge >= 0.3 is 0 Å². The van der Waals surface area contributed by atoms with Crippen LogP contribution in [0.25, 0.3) is 10.8 Å². The van der Waals surface area contributed by atoms with Crippen LogP contribution in [0.4, 0.5) is 4.39 Å². The molecule has 14 heavy (non-hydrogen) atoms. The van der Waals surface area contributed by atoms with Crippen molar-refractivity contribution in [3.05, 3.63) is 46.2 Å². The molecular formula is C11H5BrFN. The number of nitrogens with zero attached hydrogens (tertiary/aromatic N) is 1. The van der Waals surface area contributed by atoms with Gasteiger partial charge < -0.3 is 0 Å². The molecule has 2 rings (SSSR count). The molecule has 2 aromatic rings. The van der Waals surface area contributed by atoms with Gasteiger partial charge in [0.15, 0.2) is 0 Å². The van der Waals surface area contributed by atoms with E-state index in [9.17, 15) is 4.39 Å². The highest BCUT2D eigenvalue weighted by molar-refractivity contribution is 9.10. The summed E-state index contributed by atoms with van der Waals surface area (Å²) >= 11 is 3.21. The summed E-state index contributed by atoms with van der Waals surface area (Å²) in [7, 11) is 0. The SMILES string of the molecule is N#Cc1ccc2cc(Br)cc(F)c2c1. The minimum Gasteiger partial charge on any atom is -0.206 e. The van der Waals surface area contributed by atoms with Gasteiger partial charge in [0.1, 0.15) is 5.82 Å². The van der Waals surface area contributed by atoms with Crippen LogP contribution in [-0.4, -0.2) is 0 Å². The van der Waals surface area contributed by atoms with E-state index in [1.54, 1.807) is 18.2 Å². The maximum absolute atomic E-state index is 13.4. The quantitative estimate of drug-likeness (QED) is 0.700. The van der Waals surface area contributed by atoms with E-state index in [1.807, 2.05) is 12.1 Å². The number of fused-ring (bicyclic) bond motifs is 1. The van der Waals surface area contributed by atoms with E-state index in [0.29, 0.717) is 15.4 Å². The molecule has 0 aromatic heterocycles. The van der Waals surface area contributed by atoms with Crippen molar-refractivity contribution >= 4 is 26.7 Å². The summed E-state index contributed by atoms with van der Waals surface area (Å²) in [5, 5.41) is 9.93. The first-order valence-electron chi connectivity index (χ1n) is 3.99. The Morgan fingerprint density at radius 2 is 2.00 bits per heavy atom. The van der Waals surface area contributed by atoms with Crippen LogP contribution < -0.4 is 0 Å². The van der Waals surface area contributed by atoms with E-state index in [0.717, 1.165) is 5.39 Å². The molecule has 0 saturated heterocycles. The third kappa shape index (κ3) is 1.49. The van der Waals surface area contributed by atoms with E-state index >= 15 is 0 Å². The molecule has 1 nitrogen and oxygen atoms in total. The smallest absolute Gasteiger partial charge is 0.132 e. The van der Waals surface area contributed by atoms with Gasteiger partial charge in [-0.05, 0) is 29.7 Å². The van der Waals surface area contributed by atoms with E-state index in [4.69, 9.17) is 5.26 Å². The molecule has 0 saturated carbocycles. The Labute approximate surface area is 88.9 Å². The standard InChI is InChI=1S/C11H5BrFN/c12-9-4-8-2-1-7(6-14)3-10(8)11(13)5-9/h1-5H. The van der Waals surface area contributed by atoms with Crippen LogP contribution in [0.15, 0.2) is 34.8 Å². The fraction of sp³-hybridized carbons (Fsp3) is 0. The van der Waals surface area contributed by atoms with Crippen molar-refractivity contribution < 1.29 is 4.39 Å². The van der Waals surface area contributed by atoms with Crippen molar-refractivity contribution in [2.45, 2.75) is 0 Å². The maximum atomic E-state index is 13.4. The van der Waals surface area contributed by atoms with E-state index in [2.05, 4.69) is 15.9 Å². The second-order valence-corrected chi connectivity index (χ2v) is 3.85. The molecule has 0 aliphatic carbocycles. The number of nitriles is 1. The Kier molecular flexibility index (Phi) is 2.22. The van der Waals surface area contributed by atoms with Gasteiger partial charge in [0.25, 0.3) is 0 Å². The van der Waals surface area contributed by atoms with Crippen LogP contribution in [0.5, 0.6) is 0 Å². The van der Waals surface area contributed by atoms with Crippen LogP contribution in [-0.2, 0) is 0 Å². The van der Waals surface area contributed by atoms with Crippen molar-refractivity contribution in [2.24, 2.45) is 0 Å². The monoisotopic (exact) mass is 249 g/mol. The maximum Gasteiger partial charge on any atom is 0.132 e. The highest BCUT2D eigenvalue weighted by Gasteiger charge is 2.03. The Bertz CT molecular complexity index is 543. The van der Waals surface area contributed by atoms with Gasteiger partial charge in [-0.3, -0.25) is 0 Å². The molecule has 3 heteroatoms. The zero-order valence-electron chi connectivity index (χ0n) is 7.09. The van der Waals surface area contributed by atoms with Crippen molar-refractivity contribution in [1.82, 2.24) is 0 Å². The molecule has 0 unspecified atom stereocenters. The summed E-state index contributed by atoms with van der Waals surface area (Å²) in [4.78, 5) is 0. The molecule has 0 N–H and O–H groups in total. The van der Waals surface area contributed by atoms with Gasteiger partial charge in [0, 0.05) is 9.86 Å². The normalized spacial score (nSPS) is 10.1. The molecule has 0 heterocycles. The third-order valence-electron chi connectivity index (χ3n) is 2.00. The minimum absolute atomic E-state index is 0.313. The summed E-state index contributed by atoms with van der Waals surface area (Å²) in [5.74, 6) is -0.313. The van der Waals surface area contributed by atoms with Gasteiger partial charge in [0.05, 0.1) is 11.6 Å². The van der Waals surface area contributed by atoms with Crippen LogP contribution >= 0.6 is 15.9 Å². The highest BCUT2D eigenvalue weighted by Crippen LogP contribution is 2.23. The number of hydrogen-bond donors (Lipinski definition) is 0. The van der Waals surface area contributed by atoms with Crippen molar-refractivity contribution in [3.63, 3.8) is 0 Å². The number of rotatable bonds is 0. The molecule has 0 bridgehead atoms. The van der Waals surface area contributed by atoms with Gasteiger partial charge in [-0.25, -0.2) is 4.39 Å². The Morgan fingerprint density at radius 3 is 2.71 bits per heavy atom.